The van der Waals surface area contributed by atoms with Crippen LogP contribution in [0.15, 0.2) is 24.3 Å². The Hall–Kier alpha value is -1.06. The van der Waals surface area contributed by atoms with Crippen molar-refractivity contribution in [3.05, 3.63) is 29.8 Å². The first kappa shape index (κ1) is 12.0. The van der Waals surface area contributed by atoms with Gasteiger partial charge in [0.25, 0.3) is 0 Å². The molecule has 0 aliphatic heterocycles. The molecule has 15 heavy (non-hydrogen) atoms. The minimum atomic E-state index is 0.321. The molecule has 1 rings (SSSR count). The summed E-state index contributed by atoms with van der Waals surface area (Å²) in [4.78, 5) is 0. The predicted molar refractivity (Wildman–Crippen MR) is 62.9 cm³/mol. The van der Waals surface area contributed by atoms with E-state index in [0.717, 1.165) is 19.4 Å². The Morgan fingerprint density at radius 2 is 2.00 bits per heavy atom. The average molecular weight is 208 g/mol. The molecule has 0 heterocycles. The van der Waals surface area contributed by atoms with Crippen LogP contribution in [0.25, 0.3) is 0 Å². The first-order valence-electron chi connectivity index (χ1n) is 5.47. The number of phenols is 1. The Bertz CT molecular complexity index is 271. The van der Waals surface area contributed by atoms with Crippen LogP contribution in [0.2, 0.25) is 0 Å². The van der Waals surface area contributed by atoms with Crippen LogP contribution in [0.4, 0.5) is 0 Å². The number of hydrogen-bond donors (Lipinski definition) is 3. The molecule has 0 fully saturated rings. The van der Waals surface area contributed by atoms with Gasteiger partial charge in [0.1, 0.15) is 5.75 Å². The molecule has 1 aromatic carbocycles. The van der Waals surface area contributed by atoms with Gasteiger partial charge in [0.15, 0.2) is 0 Å². The monoisotopic (exact) mass is 208 g/mol. The van der Waals surface area contributed by atoms with E-state index in [1.54, 1.807) is 12.1 Å². The number of nitrogens with one attached hydrogen (secondary N) is 1. The van der Waals surface area contributed by atoms with Crippen molar-refractivity contribution in [3.8, 4) is 5.75 Å². The van der Waals surface area contributed by atoms with Crippen LogP contribution in [-0.4, -0.2) is 24.2 Å². The first-order chi connectivity index (χ1) is 7.26. The van der Waals surface area contributed by atoms with E-state index in [0.29, 0.717) is 18.3 Å². The molecule has 84 valence electrons. The maximum atomic E-state index is 9.16. The third-order valence-electron chi connectivity index (χ3n) is 2.49. The fourth-order valence-corrected chi connectivity index (χ4v) is 1.56. The zero-order valence-electron chi connectivity index (χ0n) is 9.24. The quantitative estimate of drug-likeness (QED) is 0.659. The van der Waals surface area contributed by atoms with Gasteiger partial charge < -0.3 is 16.2 Å². The van der Waals surface area contributed by atoms with Crippen LogP contribution >= 0.6 is 0 Å². The number of phenolic OH excluding ortho intramolecular Hbond substituents is 1. The summed E-state index contributed by atoms with van der Waals surface area (Å²) in [5, 5.41) is 12.6. The number of benzene rings is 1. The van der Waals surface area contributed by atoms with Crippen LogP contribution in [-0.2, 0) is 6.42 Å². The van der Waals surface area contributed by atoms with E-state index in [2.05, 4.69) is 12.2 Å². The molecule has 0 spiro atoms. The van der Waals surface area contributed by atoms with Gasteiger partial charge in [-0.2, -0.15) is 0 Å². The van der Waals surface area contributed by atoms with Gasteiger partial charge in [-0.25, -0.2) is 0 Å². The minimum Gasteiger partial charge on any atom is -0.508 e. The summed E-state index contributed by atoms with van der Waals surface area (Å²) >= 11 is 0. The summed E-state index contributed by atoms with van der Waals surface area (Å²) in [5.41, 5.74) is 6.69. The van der Waals surface area contributed by atoms with Crippen LogP contribution < -0.4 is 11.1 Å². The molecule has 3 nitrogen and oxygen atoms in total. The second-order valence-electron chi connectivity index (χ2n) is 3.72. The summed E-state index contributed by atoms with van der Waals surface area (Å²) in [6, 6.07) is 7.85. The van der Waals surface area contributed by atoms with E-state index >= 15 is 0 Å². The Labute approximate surface area is 91.3 Å². The SMILES string of the molecule is CCC(Cc1ccc(O)cc1)NCCN. The van der Waals surface area contributed by atoms with E-state index in [4.69, 9.17) is 10.8 Å². The van der Waals surface area contributed by atoms with Crippen molar-refractivity contribution >= 4 is 0 Å². The lowest BCUT2D eigenvalue weighted by atomic mass is 10.0. The fraction of sp³-hybridized carbons (Fsp3) is 0.500. The molecular weight excluding hydrogens is 188 g/mol. The maximum Gasteiger partial charge on any atom is 0.115 e. The van der Waals surface area contributed by atoms with E-state index in [9.17, 15) is 0 Å². The summed E-state index contributed by atoms with van der Waals surface area (Å²) in [6.45, 7) is 3.69. The van der Waals surface area contributed by atoms with Crippen molar-refractivity contribution < 1.29 is 5.11 Å². The van der Waals surface area contributed by atoms with Gasteiger partial charge in [-0.3, -0.25) is 0 Å². The van der Waals surface area contributed by atoms with Crippen molar-refractivity contribution in [1.82, 2.24) is 5.32 Å². The average Bonchev–Trinajstić information content (AvgIpc) is 2.27. The van der Waals surface area contributed by atoms with E-state index < -0.39 is 0 Å². The highest BCUT2D eigenvalue weighted by Crippen LogP contribution is 2.12. The Balaban J connectivity index is 2.47. The number of hydrogen-bond acceptors (Lipinski definition) is 3. The van der Waals surface area contributed by atoms with Gasteiger partial charge in [-0.15, -0.1) is 0 Å². The van der Waals surface area contributed by atoms with E-state index in [1.165, 1.54) is 5.56 Å². The second kappa shape index (κ2) is 6.43. The lowest BCUT2D eigenvalue weighted by Gasteiger charge is -2.16. The largest absolute Gasteiger partial charge is 0.508 e. The maximum absolute atomic E-state index is 9.16. The molecule has 4 N–H and O–H groups in total. The lowest BCUT2D eigenvalue weighted by molar-refractivity contribution is 0.474. The normalized spacial score (nSPS) is 12.7. The molecule has 0 aliphatic rings. The summed E-state index contributed by atoms with van der Waals surface area (Å²) < 4.78 is 0. The fourth-order valence-electron chi connectivity index (χ4n) is 1.56. The molecule has 3 heteroatoms. The van der Waals surface area contributed by atoms with Crippen molar-refractivity contribution in [2.45, 2.75) is 25.8 Å². The van der Waals surface area contributed by atoms with Gasteiger partial charge >= 0.3 is 0 Å². The first-order valence-corrected chi connectivity index (χ1v) is 5.47. The van der Waals surface area contributed by atoms with E-state index in [1.807, 2.05) is 12.1 Å². The summed E-state index contributed by atoms with van der Waals surface area (Å²) in [5.74, 6) is 0.321. The van der Waals surface area contributed by atoms with Gasteiger partial charge in [0.2, 0.25) is 0 Å². The zero-order valence-corrected chi connectivity index (χ0v) is 9.24. The van der Waals surface area contributed by atoms with Gasteiger partial charge in [0, 0.05) is 19.1 Å². The molecular formula is C12H20N2O. The van der Waals surface area contributed by atoms with Crippen molar-refractivity contribution in [3.63, 3.8) is 0 Å². The summed E-state index contributed by atoms with van der Waals surface area (Å²) in [6.07, 6.45) is 2.07. The molecule has 1 unspecified atom stereocenters. The molecule has 0 saturated carbocycles. The lowest BCUT2D eigenvalue weighted by Crippen LogP contribution is -2.34. The predicted octanol–water partition coefficient (Wildman–Crippen LogP) is 1.26. The van der Waals surface area contributed by atoms with Crippen LogP contribution in [0.3, 0.4) is 0 Å². The van der Waals surface area contributed by atoms with Gasteiger partial charge in [-0.1, -0.05) is 19.1 Å². The summed E-state index contributed by atoms with van der Waals surface area (Å²) in [7, 11) is 0. The molecule has 0 radical (unpaired) electrons. The number of rotatable bonds is 6. The van der Waals surface area contributed by atoms with Crippen molar-refractivity contribution in [2.75, 3.05) is 13.1 Å². The molecule has 0 saturated heterocycles. The highest BCUT2D eigenvalue weighted by molar-refractivity contribution is 5.26. The third kappa shape index (κ3) is 4.32. The number of nitrogens with two attached hydrogens (primary N) is 1. The smallest absolute Gasteiger partial charge is 0.115 e. The second-order valence-corrected chi connectivity index (χ2v) is 3.72. The topological polar surface area (TPSA) is 58.3 Å². The van der Waals surface area contributed by atoms with Crippen LogP contribution in [0.5, 0.6) is 5.75 Å². The van der Waals surface area contributed by atoms with Crippen molar-refractivity contribution in [2.24, 2.45) is 5.73 Å². The van der Waals surface area contributed by atoms with Crippen LogP contribution in [0.1, 0.15) is 18.9 Å². The van der Waals surface area contributed by atoms with Gasteiger partial charge in [0.05, 0.1) is 0 Å². The zero-order chi connectivity index (χ0) is 11.1. The number of aromatic hydroxyl groups is 1. The van der Waals surface area contributed by atoms with Crippen LogP contribution in [0, 0.1) is 0 Å². The molecule has 1 aromatic rings. The minimum absolute atomic E-state index is 0.321. The third-order valence-corrected chi connectivity index (χ3v) is 2.49. The highest BCUT2D eigenvalue weighted by Gasteiger charge is 2.05. The van der Waals surface area contributed by atoms with E-state index in [-0.39, 0.29) is 0 Å². The Kier molecular flexibility index (Phi) is 5.15. The molecule has 1 atom stereocenters. The molecule has 0 bridgehead atoms. The molecule has 0 aromatic heterocycles. The standard InChI is InChI=1S/C12H20N2O/c1-2-11(14-8-7-13)9-10-3-5-12(15)6-4-10/h3-6,11,14-15H,2,7-9,13H2,1H3. The molecule has 0 aliphatic carbocycles. The van der Waals surface area contributed by atoms with Crippen molar-refractivity contribution in [1.29, 1.82) is 0 Å². The van der Waals surface area contributed by atoms with Gasteiger partial charge in [-0.05, 0) is 30.5 Å². The Morgan fingerprint density at radius 3 is 2.53 bits per heavy atom. The highest BCUT2D eigenvalue weighted by atomic mass is 16.3. The molecule has 0 amide bonds. The Morgan fingerprint density at radius 1 is 1.33 bits per heavy atom.